The average molecular weight is 197 g/mol. The summed E-state index contributed by atoms with van der Waals surface area (Å²) < 4.78 is 0. The van der Waals surface area contributed by atoms with Crippen molar-refractivity contribution in [2.24, 2.45) is 5.16 Å². The van der Waals surface area contributed by atoms with Crippen LogP contribution in [-0.2, 0) is 6.42 Å². The third-order valence-corrected chi connectivity index (χ3v) is 1.79. The Balaban J connectivity index is 3.04. The van der Waals surface area contributed by atoms with Crippen molar-refractivity contribution >= 4 is 5.71 Å². The van der Waals surface area contributed by atoms with Gasteiger partial charge in [-0.25, -0.2) is 0 Å². The normalized spacial score (nSPS) is 11.6. The topological polar surface area (TPSA) is 93.3 Å². The lowest BCUT2D eigenvalue weighted by molar-refractivity contribution is 0.317. The average Bonchev–Trinajstić information content (AvgIpc) is 2.14. The second kappa shape index (κ2) is 3.87. The molecule has 0 unspecified atom stereocenters. The molecule has 1 aromatic rings. The molecule has 5 heteroatoms. The zero-order valence-corrected chi connectivity index (χ0v) is 7.60. The number of phenolic OH excluding ortho intramolecular Hbond substituents is 3. The van der Waals surface area contributed by atoms with Gasteiger partial charge in [-0.1, -0.05) is 5.16 Å². The monoisotopic (exact) mass is 197 g/mol. The summed E-state index contributed by atoms with van der Waals surface area (Å²) in [6.07, 6.45) is 0.205. The standard InChI is InChI=1S/C9H11NO4/c1-5(10-14)2-6-3-8(12)9(13)4-7(6)11/h3-4,11-14H,2H2,1H3/b10-5+. The molecular formula is C9H11NO4. The SMILES string of the molecule is C/C(Cc1cc(O)c(O)cc1O)=N\O. The number of phenols is 3. The summed E-state index contributed by atoms with van der Waals surface area (Å²) in [5.41, 5.74) is 0.779. The van der Waals surface area contributed by atoms with E-state index in [0.717, 1.165) is 6.07 Å². The van der Waals surface area contributed by atoms with Gasteiger partial charge in [-0.3, -0.25) is 0 Å². The molecule has 1 aromatic carbocycles. The van der Waals surface area contributed by atoms with Gasteiger partial charge >= 0.3 is 0 Å². The molecule has 0 aromatic heterocycles. The first-order valence-corrected chi connectivity index (χ1v) is 3.96. The Bertz CT molecular complexity index is 373. The molecule has 76 valence electrons. The summed E-state index contributed by atoms with van der Waals surface area (Å²) in [7, 11) is 0. The summed E-state index contributed by atoms with van der Waals surface area (Å²) in [5.74, 6) is -0.850. The van der Waals surface area contributed by atoms with Gasteiger partial charge in [-0.15, -0.1) is 0 Å². The van der Waals surface area contributed by atoms with E-state index in [1.165, 1.54) is 6.07 Å². The molecule has 0 saturated heterocycles. The van der Waals surface area contributed by atoms with Gasteiger partial charge in [0.05, 0.1) is 5.71 Å². The minimum Gasteiger partial charge on any atom is -0.508 e. The van der Waals surface area contributed by atoms with Crippen LogP contribution in [0, 0.1) is 0 Å². The second-order valence-corrected chi connectivity index (χ2v) is 2.98. The highest BCUT2D eigenvalue weighted by Crippen LogP contribution is 2.32. The molecule has 0 atom stereocenters. The predicted octanol–water partition coefficient (Wildman–Crippen LogP) is 1.20. The van der Waals surface area contributed by atoms with Crippen LogP contribution >= 0.6 is 0 Å². The van der Waals surface area contributed by atoms with E-state index in [0.29, 0.717) is 11.3 Å². The largest absolute Gasteiger partial charge is 0.508 e. The Labute approximate surface area is 80.6 Å². The van der Waals surface area contributed by atoms with Gasteiger partial charge < -0.3 is 20.5 Å². The van der Waals surface area contributed by atoms with E-state index in [1.54, 1.807) is 6.92 Å². The Hall–Kier alpha value is -1.91. The Kier molecular flexibility index (Phi) is 2.81. The first kappa shape index (κ1) is 10.2. The van der Waals surface area contributed by atoms with Crippen LogP contribution in [0.25, 0.3) is 0 Å². The van der Waals surface area contributed by atoms with E-state index >= 15 is 0 Å². The van der Waals surface area contributed by atoms with Crippen molar-refractivity contribution in [1.82, 2.24) is 0 Å². The van der Waals surface area contributed by atoms with E-state index in [1.807, 2.05) is 0 Å². The van der Waals surface area contributed by atoms with E-state index in [9.17, 15) is 5.11 Å². The zero-order valence-electron chi connectivity index (χ0n) is 7.60. The van der Waals surface area contributed by atoms with Crippen LogP contribution in [0.2, 0.25) is 0 Å². The van der Waals surface area contributed by atoms with Gasteiger partial charge in [0.15, 0.2) is 11.5 Å². The highest BCUT2D eigenvalue weighted by Gasteiger charge is 2.08. The molecular weight excluding hydrogens is 186 g/mol. The second-order valence-electron chi connectivity index (χ2n) is 2.98. The molecule has 0 fully saturated rings. The lowest BCUT2D eigenvalue weighted by atomic mass is 10.1. The molecule has 4 N–H and O–H groups in total. The van der Waals surface area contributed by atoms with Crippen molar-refractivity contribution in [3.8, 4) is 17.2 Å². The van der Waals surface area contributed by atoms with Gasteiger partial charge in [0.25, 0.3) is 0 Å². The summed E-state index contributed by atoms with van der Waals surface area (Å²) in [6, 6.07) is 2.26. The number of benzene rings is 1. The number of rotatable bonds is 2. The van der Waals surface area contributed by atoms with Crippen LogP contribution in [0.5, 0.6) is 17.2 Å². The molecule has 0 bridgehead atoms. The van der Waals surface area contributed by atoms with Gasteiger partial charge in [0.1, 0.15) is 5.75 Å². The van der Waals surface area contributed by atoms with Crippen LogP contribution in [-0.4, -0.2) is 26.2 Å². The van der Waals surface area contributed by atoms with Gasteiger partial charge in [-0.05, 0) is 13.0 Å². The van der Waals surface area contributed by atoms with Crippen LogP contribution in [0.15, 0.2) is 17.3 Å². The summed E-state index contributed by atoms with van der Waals surface area (Å²) >= 11 is 0. The van der Waals surface area contributed by atoms with Crippen molar-refractivity contribution in [2.45, 2.75) is 13.3 Å². The minimum atomic E-state index is -0.384. The summed E-state index contributed by atoms with van der Waals surface area (Å²) in [6.45, 7) is 1.57. The number of aromatic hydroxyl groups is 3. The highest BCUT2D eigenvalue weighted by atomic mass is 16.4. The Morgan fingerprint density at radius 2 is 1.71 bits per heavy atom. The number of oxime groups is 1. The molecule has 1 rings (SSSR count). The van der Waals surface area contributed by atoms with Crippen LogP contribution in [0.3, 0.4) is 0 Å². The first-order valence-electron chi connectivity index (χ1n) is 3.96. The molecule has 0 aliphatic heterocycles. The first-order chi connectivity index (χ1) is 6.54. The van der Waals surface area contributed by atoms with E-state index in [2.05, 4.69) is 5.16 Å². The van der Waals surface area contributed by atoms with Crippen LogP contribution in [0.1, 0.15) is 12.5 Å². The Morgan fingerprint density at radius 3 is 2.29 bits per heavy atom. The molecule has 0 amide bonds. The van der Waals surface area contributed by atoms with Gasteiger partial charge in [-0.2, -0.15) is 0 Å². The maximum atomic E-state index is 9.35. The van der Waals surface area contributed by atoms with E-state index in [4.69, 9.17) is 15.4 Å². The van der Waals surface area contributed by atoms with Gasteiger partial charge in [0, 0.05) is 18.1 Å². The minimum absolute atomic E-state index is 0.150. The fourth-order valence-electron chi connectivity index (χ4n) is 1.06. The van der Waals surface area contributed by atoms with Crippen molar-refractivity contribution in [1.29, 1.82) is 0 Å². The van der Waals surface area contributed by atoms with Crippen molar-refractivity contribution in [2.75, 3.05) is 0 Å². The number of nitrogens with zero attached hydrogens (tertiary/aromatic N) is 1. The molecule has 0 aliphatic rings. The quantitative estimate of drug-likeness (QED) is 0.188. The van der Waals surface area contributed by atoms with Crippen LogP contribution < -0.4 is 0 Å². The maximum absolute atomic E-state index is 9.35. The molecule has 0 radical (unpaired) electrons. The van der Waals surface area contributed by atoms with Crippen molar-refractivity contribution in [3.63, 3.8) is 0 Å². The number of hydrogen-bond donors (Lipinski definition) is 4. The lowest BCUT2D eigenvalue weighted by Gasteiger charge is -2.05. The lowest BCUT2D eigenvalue weighted by Crippen LogP contribution is -1.97. The predicted molar refractivity (Wildman–Crippen MR) is 50.0 cm³/mol. The van der Waals surface area contributed by atoms with Crippen molar-refractivity contribution < 1.29 is 20.5 Å². The fourth-order valence-corrected chi connectivity index (χ4v) is 1.06. The summed E-state index contributed by atoms with van der Waals surface area (Å²) in [4.78, 5) is 0. The molecule has 0 aliphatic carbocycles. The smallest absolute Gasteiger partial charge is 0.161 e. The van der Waals surface area contributed by atoms with Gasteiger partial charge in [0.2, 0.25) is 0 Å². The molecule has 5 nitrogen and oxygen atoms in total. The highest BCUT2D eigenvalue weighted by molar-refractivity contribution is 5.84. The Morgan fingerprint density at radius 1 is 1.14 bits per heavy atom. The summed E-state index contributed by atoms with van der Waals surface area (Å²) in [5, 5.41) is 38.9. The van der Waals surface area contributed by atoms with E-state index in [-0.39, 0.29) is 23.7 Å². The molecule has 0 heterocycles. The van der Waals surface area contributed by atoms with E-state index < -0.39 is 0 Å². The third kappa shape index (κ3) is 2.07. The number of hydrogen-bond acceptors (Lipinski definition) is 5. The molecule has 14 heavy (non-hydrogen) atoms. The fraction of sp³-hybridized carbons (Fsp3) is 0.222. The third-order valence-electron chi connectivity index (χ3n) is 1.79. The maximum Gasteiger partial charge on any atom is 0.161 e. The molecule has 0 spiro atoms. The molecule has 0 saturated carbocycles. The van der Waals surface area contributed by atoms with Crippen LogP contribution in [0.4, 0.5) is 0 Å². The zero-order chi connectivity index (χ0) is 10.7. The van der Waals surface area contributed by atoms with Crippen molar-refractivity contribution in [3.05, 3.63) is 17.7 Å².